The Morgan fingerprint density at radius 3 is 2.83 bits per heavy atom. The molecule has 23 heavy (non-hydrogen) atoms. The van der Waals surface area contributed by atoms with Crippen molar-refractivity contribution in [3.8, 4) is 5.69 Å². The van der Waals surface area contributed by atoms with Crippen molar-refractivity contribution in [1.82, 2.24) is 15.1 Å². The third-order valence-corrected chi connectivity index (χ3v) is 4.11. The van der Waals surface area contributed by atoms with Gasteiger partial charge in [-0.3, -0.25) is 4.79 Å². The third-order valence-electron chi connectivity index (χ3n) is 4.11. The molecule has 1 amide bonds. The lowest BCUT2D eigenvalue weighted by atomic mass is 10.0. The van der Waals surface area contributed by atoms with Crippen molar-refractivity contribution in [1.29, 1.82) is 0 Å². The Morgan fingerprint density at radius 1 is 1.39 bits per heavy atom. The smallest absolute Gasteiger partial charge is 0.254 e. The van der Waals surface area contributed by atoms with Gasteiger partial charge in [-0.1, -0.05) is 32.0 Å². The molecule has 5 nitrogen and oxygen atoms in total. The summed E-state index contributed by atoms with van der Waals surface area (Å²) in [5.74, 6) is 0.118. The van der Waals surface area contributed by atoms with Crippen molar-refractivity contribution in [2.75, 3.05) is 13.2 Å². The minimum absolute atomic E-state index is 0.0774. The van der Waals surface area contributed by atoms with E-state index >= 15 is 0 Å². The number of carbonyl (C=O) groups is 1. The molecule has 1 aliphatic heterocycles. The molecule has 0 aliphatic carbocycles. The number of amides is 1. The summed E-state index contributed by atoms with van der Waals surface area (Å²) in [6.07, 6.45) is 3.89. The normalized spacial score (nSPS) is 17.6. The van der Waals surface area contributed by atoms with Gasteiger partial charge in [0.15, 0.2) is 0 Å². The quantitative estimate of drug-likeness (QED) is 0.923. The summed E-state index contributed by atoms with van der Waals surface area (Å²) in [5.41, 5.74) is 2.54. The summed E-state index contributed by atoms with van der Waals surface area (Å²) >= 11 is 0. The van der Waals surface area contributed by atoms with Crippen LogP contribution in [0.2, 0.25) is 0 Å². The first-order chi connectivity index (χ1) is 11.2. The van der Waals surface area contributed by atoms with Crippen LogP contribution in [-0.4, -0.2) is 34.9 Å². The average Bonchev–Trinajstić information content (AvgIpc) is 3.22. The van der Waals surface area contributed by atoms with E-state index in [1.54, 1.807) is 6.20 Å². The predicted molar refractivity (Wildman–Crippen MR) is 89.0 cm³/mol. The van der Waals surface area contributed by atoms with E-state index in [1.165, 1.54) is 0 Å². The standard InChI is InChI=1S/C18H23N3O2/c1-13(2)17-16(18(22)19-11-15-9-6-10-23-15)12-20-21(17)14-7-4-3-5-8-14/h3-5,7-8,12-13,15H,6,9-11H2,1-2H3,(H,19,22)/t15-/m1/s1. The number of aromatic nitrogens is 2. The maximum atomic E-state index is 12.6. The van der Waals surface area contributed by atoms with Crippen molar-refractivity contribution in [3.63, 3.8) is 0 Å². The van der Waals surface area contributed by atoms with Gasteiger partial charge in [-0.25, -0.2) is 4.68 Å². The molecule has 1 aromatic heterocycles. The Balaban J connectivity index is 1.81. The largest absolute Gasteiger partial charge is 0.376 e. The van der Waals surface area contributed by atoms with Crippen molar-refractivity contribution in [2.45, 2.75) is 38.7 Å². The van der Waals surface area contributed by atoms with Gasteiger partial charge in [0.2, 0.25) is 0 Å². The van der Waals surface area contributed by atoms with Crippen molar-refractivity contribution >= 4 is 5.91 Å². The number of nitrogens with one attached hydrogen (secondary N) is 1. The Bertz CT molecular complexity index is 658. The number of rotatable bonds is 5. The van der Waals surface area contributed by atoms with Crippen LogP contribution < -0.4 is 5.32 Å². The number of hydrogen-bond acceptors (Lipinski definition) is 3. The fourth-order valence-corrected chi connectivity index (χ4v) is 2.97. The molecule has 0 spiro atoms. The van der Waals surface area contributed by atoms with E-state index in [-0.39, 0.29) is 17.9 Å². The molecule has 5 heteroatoms. The second-order valence-electron chi connectivity index (χ2n) is 6.19. The Kier molecular flexibility index (Phi) is 4.76. The Labute approximate surface area is 136 Å². The molecule has 2 heterocycles. The van der Waals surface area contributed by atoms with Crippen LogP contribution >= 0.6 is 0 Å². The van der Waals surface area contributed by atoms with Gasteiger partial charge >= 0.3 is 0 Å². The fraction of sp³-hybridized carbons (Fsp3) is 0.444. The van der Waals surface area contributed by atoms with Crippen molar-refractivity contribution < 1.29 is 9.53 Å². The van der Waals surface area contributed by atoms with Crippen LogP contribution in [0.1, 0.15) is 48.7 Å². The highest BCUT2D eigenvalue weighted by Crippen LogP contribution is 2.23. The molecule has 122 valence electrons. The molecule has 3 rings (SSSR count). The molecule has 2 aromatic rings. The molecule has 1 aromatic carbocycles. The second kappa shape index (κ2) is 6.96. The monoisotopic (exact) mass is 313 g/mol. The van der Waals surface area contributed by atoms with Crippen LogP contribution in [0.4, 0.5) is 0 Å². The minimum Gasteiger partial charge on any atom is -0.376 e. The number of para-hydroxylation sites is 1. The zero-order valence-corrected chi connectivity index (χ0v) is 13.7. The van der Waals surface area contributed by atoms with Crippen LogP contribution in [0.15, 0.2) is 36.5 Å². The summed E-state index contributed by atoms with van der Waals surface area (Å²) in [5, 5.41) is 7.42. The number of ether oxygens (including phenoxy) is 1. The molecule has 1 N–H and O–H groups in total. The Hall–Kier alpha value is -2.14. The number of nitrogens with zero attached hydrogens (tertiary/aromatic N) is 2. The molecule has 1 atom stereocenters. The molecular formula is C18H23N3O2. The van der Waals surface area contributed by atoms with Gasteiger partial charge in [0.25, 0.3) is 5.91 Å². The minimum atomic E-state index is -0.0774. The maximum absolute atomic E-state index is 12.6. The highest BCUT2D eigenvalue weighted by atomic mass is 16.5. The zero-order valence-electron chi connectivity index (χ0n) is 13.7. The molecule has 1 saturated heterocycles. The summed E-state index contributed by atoms with van der Waals surface area (Å²) in [7, 11) is 0. The first kappa shape index (κ1) is 15.7. The van der Waals surface area contributed by atoms with Crippen LogP contribution in [0.5, 0.6) is 0 Å². The van der Waals surface area contributed by atoms with Crippen molar-refractivity contribution in [3.05, 3.63) is 47.8 Å². The summed E-state index contributed by atoms with van der Waals surface area (Å²) in [6, 6.07) is 9.90. The molecule has 0 saturated carbocycles. The van der Waals surface area contributed by atoms with E-state index in [1.807, 2.05) is 35.0 Å². The molecule has 0 radical (unpaired) electrons. The van der Waals surface area contributed by atoms with E-state index in [9.17, 15) is 4.79 Å². The SMILES string of the molecule is CC(C)c1c(C(=O)NC[C@H]2CCCO2)cnn1-c1ccccc1. The van der Waals surface area contributed by atoms with Gasteiger partial charge in [0.1, 0.15) is 0 Å². The van der Waals surface area contributed by atoms with Crippen LogP contribution in [0.25, 0.3) is 5.69 Å². The lowest BCUT2D eigenvalue weighted by Gasteiger charge is -2.14. The van der Waals surface area contributed by atoms with E-state index in [2.05, 4.69) is 24.3 Å². The topological polar surface area (TPSA) is 56.1 Å². The molecule has 0 unspecified atom stereocenters. The van der Waals surface area contributed by atoms with Gasteiger partial charge in [-0.2, -0.15) is 5.10 Å². The van der Waals surface area contributed by atoms with Gasteiger partial charge in [0.05, 0.1) is 29.2 Å². The number of carbonyl (C=O) groups excluding carboxylic acids is 1. The maximum Gasteiger partial charge on any atom is 0.254 e. The first-order valence-electron chi connectivity index (χ1n) is 8.20. The zero-order chi connectivity index (χ0) is 16.2. The third kappa shape index (κ3) is 3.45. The van der Waals surface area contributed by atoms with E-state index in [0.717, 1.165) is 30.8 Å². The molecule has 0 bridgehead atoms. The molecule has 1 aliphatic rings. The molecular weight excluding hydrogens is 290 g/mol. The van der Waals surface area contributed by atoms with Crippen LogP contribution in [-0.2, 0) is 4.74 Å². The highest BCUT2D eigenvalue weighted by molar-refractivity contribution is 5.95. The molecule has 1 fully saturated rings. The van der Waals surface area contributed by atoms with Crippen LogP contribution in [0.3, 0.4) is 0 Å². The van der Waals surface area contributed by atoms with E-state index in [4.69, 9.17) is 4.74 Å². The Morgan fingerprint density at radius 2 is 2.17 bits per heavy atom. The predicted octanol–water partition coefficient (Wildman–Crippen LogP) is 2.90. The number of hydrogen-bond donors (Lipinski definition) is 1. The summed E-state index contributed by atoms with van der Waals surface area (Å²) in [6.45, 7) is 5.51. The van der Waals surface area contributed by atoms with Crippen LogP contribution in [0, 0.1) is 0 Å². The van der Waals surface area contributed by atoms with E-state index in [0.29, 0.717) is 12.1 Å². The summed E-state index contributed by atoms with van der Waals surface area (Å²) < 4.78 is 7.41. The first-order valence-corrected chi connectivity index (χ1v) is 8.20. The van der Waals surface area contributed by atoms with Gasteiger partial charge in [-0.15, -0.1) is 0 Å². The summed E-state index contributed by atoms with van der Waals surface area (Å²) in [4.78, 5) is 12.6. The average molecular weight is 313 g/mol. The highest BCUT2D eigenvalue weighted by Gasteiger charge is 2.22. The van der Waals surface area contributed by atoms with Gasteiger partial charge in [0, 0.05) is 13.2 Å². The van der Waals surface area contributed by atoms with Gasteiger partial charge < -0.3 is 10.1 Å². The van der Waals surface area contributed by atoms with Crippen molar-refractivity contribution in [2.24, 2.45) is 0 Å². The fourth-order valence-electron chi connectivity index (χ4n) is 2.97. The van der Waals surface area contributed by atoms with E-state index < -0.39 is 0 Å². The second-order valence-corrected chi connectivity index (χ2v) is 6.19. The lowest BCUT2D eigenvalue weighted by Crippen LogP contribution is -2.32. The van der Waals surface area contributed by atoms with Gasteiger partial charge in [-0.05, 0) is 30.9 Å². The number of benzene rings is 1. The lowest BCUT2D eigenvalue weighted by molar-refractivity contribution is 0.0856.